The first-order valence-electron chi connectivity index (χ1n) is 11.7. The molecule has 0 aliphatic heterocycles. The summed E-state index contributed by atoms with van der Waals surface area (Å²) in [4.78, 5) is 11.3. The van der Waals surface area contributed by atoms with Crippen molar-refractivity contribution in [2.45, 2.75) is 102 Å². The van der Waals surface area contributed by atoms with Gasteiger partial charge < -0.3 is 4.74 Å². The van der Waals surface area contributed by atoms with E-state index < -0.39 is 107 Å². The van der Waals surface area contributed by atoms with Crippen molar-refractivity contribution in [2.75, 3.05) is 0 Å². The van der Waals surface area contributed by atoms with Crippen LogP contribution in [0.2, 0.25) is 0 Å². The highest BCUT2D eigenvalue weighted by atomic mass is 19.4. The molecule has 1 unspecified atom stereocenters. The maximum absolute atomic E-state index is 15.1. The summed E-state index contributed by atoms with van der Waals surface area (Å²) in [6.45, 7) is 1.57. The Balaban J connectivity index is 8.29. The standard InChI is InChI=1S/C20H5F33O2/c1-3(2)4(54)55-18(47,15(41,42)11(33,34)13(37,38)17(45,46)20(51,52)53)14(39,40)10(31,32)8(27,28)6(23,24)5(21,22)7(25,26)9(29,30)12(35,36)16(43,44)19(48,49)50/h1H2,2H3. The third kappa shape index (κ3) is 6.13. The molecule has 0 heterocycles. The van der Waals surface area contributed by atoms with Gasteiger partial charge in [0.05, 0.1) is 0 Å². The lowest BCUT2D eigenvalue weighted by Crippen LogP contribution is -2.81. The topological polar surface area (TPSA) is 26.3 Å². The highest BCUT2D eigenvalue weighted by molar-refractivity contribution is 5.87. The van der Waals surface area contributed by atoms with Gasteiger partial charge in [-0.1, -0.05) is 6.58 Å². The van der Waals surface area contributed by atoms with Crippen molar-refractivity contribution >= 4 is 5.97 Å². The lowest BCUT2D eigenvalue weighted by atomic mass is 9.82. The molecule has 0 rings (SSSR count). The largest absolute Gasteiger partial charge is 0.460 e. The molecule has 0 saturated carbocycles. The minimum absolute atomic E-state index is 0.370. The molecular weight excluding hydrogens is 899 g/mol. The van der Waals surface area contributed by atoms with Crippen molar-refractivity contribution in [3.8, 4) is 0 Å². The van der Waals surface area contributed by atoms with E-state index >= 15 is 4.39 Å². The SMILES string of the molecule is C=C(C)C(=O)OC(F)(C(F)(F)C(F)(F)C(F)(F)C(F)(F)C(F)(F)F)C(F)(F)C(F)(F)C(F)(F)C(F)(F)C(F)(F)C(F)(F)C(F)(F)C(F)(F)C(F)(F)C(F)(F)F. The third-order valence-electron chi connectivity index (χ3n) is 6.44. The molecule has 0 aliphatic rings. The Kier molecular flexibility index (Phi) is 12.0. The van der Waals surface area contributed by atoms with E-state index in [0.717, 1.165) is 0 Å². The molecule has 55 heavy (non-hydrogen) atoms. The van der Waals surface area contributed by atoms with Crippen LogP contribution in [0.5, 0.6) is 0 Å². The lowest BCUT2D eigenvalue weighted by molar-refractivity contribution is -0.499. The van der Waals surface area contributed by atoms with Gasteiger partial charge in [0.15, 0.2) is 0 Å². The van der Waals surface area contributed by atoms with Gasteiger partial charge in [-0.25, -0.2) is 4.79 Å². The van der Waals surface area contributed by atoms with Crippen LogP contribution in [-0.4, -0.2) is 101 Å². The molecular formula is C20H5F33O2. The van der Waals surface area contributed by atoms with Gasteiger partial charge in [-0.2, -0.15) is 145 Å². The van der Waals surface area contributed by atoms with Crippen molar-refractivity contribution < 1.29 is 154 Å². The third-order valence-corrected chi connectivity index (χ3v) is 6.44. The second-order valence-electron chi connectivity index (χ2n) is 10.2. The normalized spacial score (nSPS) is 17.6. The number of ether oxygens (including phenoxy) is 1. The summed E-state index contributed by atoms with van der Waals surface area (Å²) < 4.78 is 449. The fourth-order valence-corrected chi connectivity index (χ4v) is 3.07. The van der Waals surface area contributed by atoms with Crippen molar-refractivity contribution in [1.29, 1.82) is 0 Å². The van der Waals surface area contributed by atoms with Gasteiger partial charge in [0.1, 0.15) is 0 Å². The van der Waals surface area contributed by atoms with Gasteiger partial charge in [-0.3, -0.25) is 0 Å². The zero-order valence-electron chi connectivity index (χ0n) is 24.0. The Hall–Kier alpha value is -3.10. The Labute approximate surface area is 276 Å². The van der Waals surface area contributed by atoms with Gasteiger partial charge in [0.2, 0.25) is 0 Å². The number of alkyl halides is 33. The molecule has 0 amide bonds. The van der Waals surface area contributed by atoms with Gasteiger partial charge in [-0.05, 0) is 6.92 Å². The molecule has 0 aromatic carbocycles. The first-order chi connectivity index (χ1) is 23.1. The monoisotopic (exact) mass is 904 g/mol. The zero-order valence-corrected chi connectivity index (χ0v) is 24.0. The number of esters is 1. The smallest absolute Gasteiger partial charge is 0.413 e. The number of carbonyl (C=O) groups is 1. The number of hydrogen-bond acceptors (Lipinski definition) is 2. The molecule has 0 saturated heterocycles. The minimum atomic E-state index is -10.2. The second kappa shape index (κ2) is 12.7. The summed E-state index contributed by atoms with van der Waals surface area (Å²) in [5.74, 6) is -140. The van der Waals surface area contributed by atoms with E-state index in [9.17, 15) is 145 Å². The van der Waals surface area contributed by atoms with E-state index in [0.29, 0.717) is 0 Å². The Morgan fingerprint density at radius 1 is 0.309 bits per heavy atom. The van der Waals surface area contributed by atoms with Gasteiger partial charge >= 0.3 is 101 Å². The summed E-state index contributed by atoms with van der Waals surface area (Å²) in [5.41, 5.74) is -2.32. The summed E-state index contributed by atoms with van der Waals surface area (Å²) in [6, 6.07) is 0. The van der Waals surface area contributed by atoms with Crippen LogP contribution in [0.3, 0.4) is 0 Å². The van der Waals surface area contributed by atoms with Crippen LogP contribution in [0.1, 0.15) is 6.92 Å². The molecule has 0 radical (unpaired) electrons. The van der Waals surface area contributed by atoms with E-state index in [1.807, 2.05) is 6.58 Å². The highest BCUT2D eigenvalue weighted by Gasteiger charge is 3.02. The van der Waals surface area contributed by atoms with E-state index in [2.05, 4.69) is 0 Å². The lowest BCUT2D eigenvalue weighted by Gasteiger charge is -2.48. The molecule has 0 aromatic rings. The predicted molar refractivity (Wildman–Crippen MR) is 101 cm³/mol. The molecule has 0 bridgehead atoms. The van der Waals surface area contributed by atoms with Crippen LogP contribution in [0.15, 0.2) is 12.2 Å². The van der Waals surface area contributed by atoms with Crippen LogP contribution < -0.4 is 0 Å². The fourth-order valence-electron chi connectivity index (χ4n) is 3.07. The first kappa shape index (κ1) is 51.9. The van der Waals surface area contributed by atoms with Crippen LogP contribution in [0.4, 0.5) is 145 Å². The van der Waals surface area contributed by atoms with E-state index in [-0.39, 0.29) is 6.92 Å². The Morgan fingerprint density at radius 2 is 0.455 bits per heavy atom. The fraction of sp³-hybridized carbons (Fsp3) is 0.850. The van der Waals surface area contributed by atoms with Crippen molar-refractivity contribution in [3.63, 3.8) is 0 Å². The number of hydrogen-bond donors (Lipinski definition) is 0. The quantitative estimate of drug-likeness (QED) is 0.0930. The van der Waals surface area contributed by atoms with E-state index in [1.54, 1.807) is 4.74 Å². The van der Waals surface area contributed by atoms with Crippen molar-refractivity contribution in [1.82, 2.24) is 0 Å². The van der Waals surface area contributed by atoms with Gasteiger partial charge in [0, 0.05) is 5.57 Å². The van der Waals surface area contributed by atoms with Crippen molar-refractivity contribution in [2.24, 2.45) is 0 Å². The van der Waals surface area contributed by atoms with Gasteiger partial charge in [0.25, 0.3) is 0 Å². The first-order valence-corrected chi connectivity index (χ1v) is 11.7. The van der Waals surface area contributed by atoms with E-state index in [1.165, 1.54) is 0 Å². The average Bonchev–Trinajstić information content (AvgIpc) is 2.94. The van der Waals surface area contributed by atoms with Crippen LogP contribution in [0, 0.1) is 0 Å². The maximum atomic E-state index is 15.1. The molecule has 328 valence electrons. The number of rotatable bonds is 15. The Bertz CT molecular complexity index is 1460. The number of halogens is 33. The summed E-state index contributed by atoms with van der Waals surface area (Å²) in [7, 11) is 0. The molecule has 0 spiro atoms. The van der Waals surface area contributed by atoms with Gasteiger partial charge in [-0.15, -0.1) is 0 Å². The number of carbonyl (C=O) groups excluding carboxylic acids is 1. The van der Waals surface area contributed by atoms with E-state index in [4.69, 9.17) is 0 Å². The summed E-state index contributed by atoms with van der Waals surface area (Å²) in [6.07, 6.45) is -16.8. The average molecular weight is 904 g/mol. The molecule has 0 fully saturated rings. The van der Waals surface area contributed by atoms with Crippen molar-refractivity contribution in [3.05, 3.63) is 12.2 Å². The predicted octanol–water partition coefficient (Wildman–Crippen LogP) is 11.2. The zero-order chi connectivity index (χ0) is 45.9. The molecule has 35 heteroatoms. The van der Waals surface area contributed by atoms with Crippen LogP contribution in [0.25, 0.3) is 0 Å². The summed E-state index contributed by atoms with van der Waals surface area (Å²) in [5, 5.41) is 0. The summed E-state index contributed by atoms with van der Waals surface area (Å²) >= 11 is 0. The molecule has 1 atom stereocenters. The molecule has 0 aromatic heterocycles. The maximum Gasteiger partial charge on any atom is 0.460 e. The van der Waals surface area contributed by atoms with Crippen LogP contribution in [-0.2, 0) is 9.53 Å². The molecule has 0 aliphatic carbocycles. The van der Waals surface area contributed by atoms with Crippen LogP contribution >= 0.6 is 0 Å². The Morgan fingerprint density at radius 3 is 0.600 bits per heavy atom. The molecule has 2 nitrogen and oxygen atoms in total. The highest BCUT2D eigenvalue weighted by Crippen LogP contribution is 2.70. The molecule has 0 N–H and O–H groups in total. The minimum Gasteiger partial charge on any atom is -0.413 e. The second-order valence-corrected chi connectivity index (χ2v) is 10.2.